The van der Waals surface area contributed by atoms with Gasteiger partial charge in [-0.25, -0.2) is 0 Å². The van der Waals surface area contributed by atoms with Crippen molar-refractivity contribution in [1.29, 1.82) is 0 Å². The number of carbonyl (C=O) groups is 3. The van der Waals surface area contributed by atoms with Crippen LogP contribution in [0.25, 0.3) is 10.8 Å². The van der Waals surface area contributed by atoms with Gasteiger partial charge in [0.25, 0.3) is 11.8 Å². The summed E-state index contributed by atoms with van der Waals surface area (Å²) in [6.07, 6.45) is 2.95. The largest absolute Gasteiger partial charge is 0.337 e. The molecule has 3 aliphatic rings. The van der Waals surface area contributed by atoms with Gasteiger partial charge in [0.2, 0.25) is 5.91 Å². The van der Waals surface area contributed by atoms with E-state index < -0.39 is 23.9 Å². The summed E-state index contributed by atoms with van der Waals surface area (Å²) in [6.45, 7) is 1.30. The molecule has 3 aromatic rings. The lowest BCUT2D eigenvalue weighted by atomic mass is 9.94. The van der Waals surface area contributed by atoms with Gasteiger partial charge in [-0.1, -0.05) is 48.5 Å². The van der Waals surface area contributed by atoms with Crippen LogP contribution in [0.2, 0.25) is 0 Å². The van der Waals surface area contributed by atoms with Crippen molar-refractivity contribution < 1.29 is 14.4 Å². The van der Waals surface area contributed by atoms with E-state index in [2.05, 4.69) is 11.4 Å². The fourth-order valence-corrected chi connectivity index (χ4v) is 5.61. The molecule has 3 aliphatic heterocycles. The lowest BCUT2D eigenvalue weighted by molar-refractivity contribution is -0.138. The van der Waals surface area contributed by atoms with Gasteiger partial charge in [-0.05, 0) is 53.8 Å². The average Bonchev–Trinajstić information content (AvgIpc) is 3.01. The van der Waals surface area contributed by atoms with Crippen LogP contribution in [0.4, 0.5) is 0 Å². The Kier molecular flexibility index (Phi) is 4.76. The summed E-state index contributed by atoms with van der Waals surface area (Å²) in [5.74, 6) is -0.925. The van der Waals surface area contributed by atoms with Gasteiger partial charge in [0.15, 0.2) is 0 Å². The number of imide groups is 1. The van der Waals surface area contributed by atoms with Crippen molar-refractivity contribution in [2.45, 2.75) is 37.4 Å². The predicted octanol–water partition coefficient (Wildman–Crippen LogP) is 3.53. The fraction of sp³-hybridized carbons (Fsp3) is 0.296. The summed E-state index contributed by atoms with van der Waals surface area (Å²) < 4.78 is 0. The molecule has 0 unspecified atom stereocenters. The molecule has 2 saturated heterocycles. The van der Waals surface area contributed by atoms with Crippen LogP contribution >= 0.6 is 0 Å². The van der Waals surface area contributed by atoms with Crippen LogP contribution < -0.4 is 5.32 Å². The molecule has 3 heterocycles. The topological polar surface area (TPSA) is 69.7 Å². The maximum atomic E-state index is 14.0. The molecular weight excluding hydrogens is 414 g/mol. The number of hydrogen-bond donors (Lipinski definition) is 1. The van der Waals surface area contributed by atoms with Gasteiger partial charge >= 0.3 is 0 Å². The summed E-state index contributed by atoms with van der Waals surface area (Å²) in [7, 11) is 0. The van der Waals surface area contributed by atoms with Crippen molar-refractivity contribution >= 4 is 28.5 Å². The number of hydrogen-bond acceptors (Lipinski definition) is 4. The van der Waals surface area contributed by atoms with E-state index in [0.29, 0.717) is 24.2 Å². The highest BCUT2D eigenvalue weighted by molar-refractivity contribution is 6.23. The second kappa shape index (κ2) is 7.81. The molecule has 0 aromatic heterocycles. The molecule has 6 nitrogen and oxygen atoms in total. The highest BCUT2D eigenvalue weighted by Gasteiger charge is 2.50. The van der Waals surface area contributed by atoms with Crippen LogP contribution in [0.3, 0.4) is 0 Å². The molecular formula is C27H25N3O3. The number of nitrogens with zero attached hydrogens (tertiary/aromatic N) is 2. The van der Waals surface area contributed by atoms with Gasteiger partial charge in [0.1, 0.15) is 6.04 Å². The highest BCUT2D eigenvalue weighted by atomic mass is 16.2. The van der Waals surface area contributed by atoms with Crippen molar-refractivity contribution in [3.05, 3.63) is 83.4 Å². The second-order valence-corrected chi connectivity index (χ2v) is 9.14. The molecule has 166 valence electrons. The number of nitrogens with one attached hydrogen (secondary N) is 1. The zero-order valence-corrected chi connectivity index (χ0v) is 18.2. The first-order chi connectivity index (χ1) is 16.1. The Labute approximate surface area is 192 Å². The van der Waals surface area contributed by atoms with E-state index >= 15 is 0 Å². The van der Waals surface area contributed by atoms with E-state index in [1.807, 2.05) is 41.3 Å². The third-order valence-corrected chi connectivity index (χ3v) is 7.29. The molecule has 0 saturated carbocycles. The lowest BCUT2D eigenvalue weighted by Gasteiger charge is -2.37. The zero-order chi connectivity index (χ0) is 22.5. The average molecular weight is 440 g/mol. The van der Waals surface area contributed by atoms with Crippen molar-refractivity contribution in [2.24, 2.45) is 0 Å². The third-order valence-electron chi connectivity index (χ3n) is 7.29. The Morgan fingerprint density at radius 2 is 1.48 bits per heavy atom. The zero-order valence-electron chi connectivity index (χ0n) is 18.2. The minimum absolute atomic E-state index is 0.0781. The quantitative estimate of drug-likeness (QED) is 0.621. The molecule has 2 fully saturated rings. The SMILES string of the molecule is O=C1[C@@H](N2C(=O)c3ccccc3C2=O)[C@@H](c2ccc3ccccc3c2)NC[C@@H]2CCCCN12. The van der Waals surface area contributed by atoms with E-state index in [1.54, 1.807) is 24.3 Å². The molecule has 6 heteroatoms. The van der Waals surface area contributed by atoms with Crippen LogP contribution in [-0.4, -0.2) is 52.7 Å². The van der Waals surface area contributed by atoms with Gasteiger partial charge in [-0.15, -0.1) is 0 Å². The Morgan fingerprint density at radius 3 is 2.24 bits per heavy atom. The Bertz CT molecular complexity index is 1250. The molecule has 0 aliphatic carbocycles. The van der Waals surface area contributed by atoms with Crippen LogP contribution in [0.5, 0.6) is 0 Å². The Hall–Kier alpha value is -3.51. The van der Waals surface area contributed by atoms with Crippen LogP contribution in [-0.2, 0) is 4.79 Å². The molecule has 33 heavy (non-hydrogen) atoms. The molecule has 6 rings (SSSR count). The Balaban J connectivity index is 1.48. The molecule has 3 aromatic carbocycles. The minimum atomic E-state index is -0.929. The molecule has 1 N–H and O–H groups in total. The molecule has 0 bridgehead atoms. The summed E-state index contributed by atoms with van der Waals surface area (Å²) in [4.78, 5) is 43.9. The third kappa shape index (κ3) is 3.16. The van der Waals surface area contributed by atoms with E-state index in [9.17, 15) is 14.4 Å². The number of amides is 3. The van der Waals surface area contributed by atoms with Gasteiger partial charge in [0, 0.05) is 19.1 Å². The first-order valence-corrected chi connectivity index (χ1v) is 11.6. The summed E-state index contributed by atoms with van der Waals surface area (Å²) in [6, 6.07) is 19.7. The number of carbonyl (C=O) groups excluding carboxylic acids is 3. The lowest BCUT2D eigenvalue weighted by Crippen LogP contribution is -2.55. The van der Waals surface area contributed by atoms with Crippen molar-refractivity contribution in [1.82, 2.24) is 15.1 Å². The number of rotatable bonds is 2. The van der Waals surface area contributed by atoms with Crippen molar-refractivity contribution in [2.75, 3.05) is 13.1 Å². The first kappa shape index (κ1) is 20.1. The van der Waals surface area contributed by atoms with Crippen molar-refractivity contribution in [3.63, 3.8) is 0 Å². The molecule has 3 atom stereocenters. The highest BCUT2D eigenvalue weighted by Crippen LogP contribution is 2.35. The van der Waals surface area contributed by atoms with Gasteiger partial charge < -0.3 is 10.2 Å². The monoisotopic (exact) mass is 439 g/mol. The first-order valence-electron chi connectivity index (χ1n) is 11.6. The second-order valence-electron chi connectivity index (χ2n) is 9.14. The normalized spacial score (nSPS) is 25.2. The van der Waals surface area contributed by atoms with E-state index in [1.165, 1.54) is 4.90 Å². The number of piperidine rings is 1. The van der Waals surface area contributed by atoms with E-state index in [4.69, 9.17) is 0 Å². The van der Waals surface area contributed by atoms with Gasteiger partial charge in [0.05, 0.1) is 17.2 Å². The van der Waals surface area contributed by atoms with E-state index in [0.717, 1.165) is 35.6 Å². The Morgan fingerprint density at radius 1 is 0.788 bits per heavy atom. The maximum Gasteiger partial charge on any atom is 0.262 e. The van der Waals surface area contributed by atoms with E-state index in [-0.39, 0.29) is 11.9 Å². The predicted molar refractivity (Wildman–Crippen MR) is 125 cm³/mol. The van der Waals surface area contributed by atoms with Crippen molar-refractivity contribution in [3.8, 4) is 0 Å². The van der Waals surface area contributed by atoms with Gasteiger partial charge in [-0.2, -0.15) is 0 Å². The summed E-state index contributed by atoms with van der Waals surface area (Å²) >= 11 is 0. The van der Waals surface area contributed by atoms with Crippen LogP contribution in [0.1, 0.15) is 51.6 Å². The smallest absolute Gasteiger partial charge is 0.262 e. The standard InChI is InChI=1S/C27H25N3O3/c31-25-21-10-3-4-11-22(21)26(32)30(25)24-23(19-13-12-17-7-1-2-8-18(17)15-19)28-16-20-9-5-6-14-29(20)27(24)33/h1-4,7-8,10-13,15,20,23-24,28H,5-6,9,14,16H2/t20-,23+,24-/m0/s1. The summed E-state index contributed by atoms with van der Waals surface area (Å²) in [5.41, 5.74) is 1.64. The fourth-order valence-electron chi connectivity index (χ4n) is 5.61. The molecule has 3 amide bonds. The number of benzene rings is 3. The van der Waals surface area contributed by atoms with Gasteiger partial charge in [-0.3, -0.25) is 19.3 Å². The maximum absolute atomic E-state index is 14.0. The van der Waals surface area contributed by atoms with Crippen LogP contribution in [0, 0.1) is 0 Å². The molecule has 0 spiro atoms. The van der Waals surface area contributed by atoms with Crippen LogP contribution in [0.15, 0.2) is 66.7 Å². The number of fused-ring (bicyclic) bond motifs is 3. The molecule has 0 radical (unpaired) electrons. The summed E-state index contributed by atoms with van der Waals surface area (Å²) in [5, 5.41) is 5.75. The minimum Gasteiger partial charge on any atom is -0.337 e.